The van der Waals surface area contributed by atoms with Crippen LogP contribution >= 0.6 is 0 Å². The maximum atomic E-state index is 12.4. The minimum absolute atomic E-state index is 0.0577. The van der Waals surface area contributed by atoms with Crippen molar-refractivity contribution in [2.75, 3.05) is 26.3 Å². The van der Waals surface area contributed by atoms with Crippen molar-refractivity contribution in [3.63, 3.8) is 0 Å². The third-order valence-electron chi connectivity index (χ3n) is 4.03. The maximum absolute atomic E-state index is 12.4. The predicted molar refractivity (Wildman–Crippen MR) is 86.0 cm³/mol. The summed E-state index contributed by atoms with van der Waals surface area (Å²) >= 11 is 0. The first-order chi connectivity index (χ1) is 11.3. The maximum Gasteiger partial charge on any atom is 0.254 e. The van der Waals surface area contributed by atoms with Crippen LogP contribution < -0.4 is 0 Å². The summed E-state index contributed by atoms with van der Waals surface area (Å²) in [7, 11) is 0. The van der Waals surface area contributed by atoms with Gasteiger partial charge in [-0.1, -0.05) is 12.1 Å². The number of amides is 1. The van der Waals surface area contributed by atoms with Crippen LogP contribution in [0.15, 0.2) is 42.9 Å². The lowest BCUT2D eigenvalue weighted by Crippen LogP contribution is -2.40. The second-order valence-electron chi connectivity index (χ2n) is 5.49. The van der Waals surface area contributed by atoms with Gasteiger partial charge in [0.05, 0.1) is 13.2 Å². The number of H-pyrrole nitrogens is 1. The molecule has 0 spiro atoms. The van der Waals surface area contributed by atoms with Crippen LogP contribution in [0.25, 0.3) is 22.3 Å². The number of nitrogens with zero attached hydrogens (tertiary/aromatic N) is 3. The number of nitrogens with one attached hydrogen (secondary N) is 1. The van der Waals surface area contributed by atoms with E-state index in [1.807, 2.05) is 35.2 Å². The summed E-state index contributed by atoms with van der Waals surface area (Å²) in [5.41, 5.74) is 3.49. The lowest BCUT2D eigenvalue weighted by atomic mass is 10.1. The molecule has 0 radical (unpaired) electrons. The second-order valence-corrected chi connectivity index (χ2v) is 5.49. The standard InChI is InChI=1S/C17H16N4O2/c22-17(21-5-7-23-8-6-21)13-3-1-12(2-4-13)15-9-14-10-18-11-19-16(14)20-15/h1-4,9-11H,5-8H2,(H,18,19,20). The van der Waals surface area contributed by atoms with Crippen molar-refractivity contribution in [1.29, 1.82) is 0 Å². The Hall–Kier alpha value is -2.73. The molecule has 1 aliphatic heterocycles. The third-order valence-corrected chi connectivity index (χ3v) is 4.03. The Bertz CT molecular complexity index is 802. The van der Waals surface area contributed by atoms with E-state index in [1.54, 1.807) is 6.20 Å². The van der Waals surface area contributed by atoms with Crippen molar-refractivity contribution in [1.82, 2.24) is 19.9 Å². The van der Waals surface area contributed by atoms with Gasteiger partial charge in [0.15, 0.2) is 0 Å². The minimum atomic E-state index is 0.0577. The van der Waals surface area contributed by atoms with E-state index in [-0.39, 0.29) is 5.91 Å². The number of ether oxygens (including phenoxy) is 1. The van der Waals surface area contributed by atoms with Crippen LogP contribution in [0.1, 0.15) is 10.4 Å². The molecule has 1 N–H and O–H groups in total. The molecule has 2 aromatic heterocycles. The number of aromatic amines is 1. The SMILES string of the molecule is O=C(c1ccc(-c2cc3cncnc3[nH]2)cc1)N1CCOCC1. The van der Waals surface area contributed by atoms with Gasteiger partial charge in [-0.15, -0.1) is 0 Å². The first-order valence-corrected chi connectivity index (χ1v) is 7.57. The zero-order chi connectivity index (χ0) is 15.6. The number of morpholine rings is 1. The molecule has 0 unspecified atom stereocenters. The Labute approximate surface area is 133 Å². The number of hydrogen-bond acceptors (Lipinski definition) is 4. The largest absolute Gasteiger partial charge is 0.378 e. The van der Waals surface area contributed by atoms with E-state index >= 15 is 0 Å². The third kappa shape index (κ3) is 2.68. The van der Waals surface area contributed by atoms with Crippen molar-refractivity contribution < 1.29 is 9.53 Å². The molecule has 3 aromatic rings. The summed E-state index contributed by atoms with van der Waals surface area (Å²) in [6.45, 7) is 2.53. The number of carbonyl (C=O) groups is 1. The van der Waals surface area contributed by atoms with E-state index in [4.69, 9.17) is 4.74 Å². The lowest BCUT2D eigenvalue weighted by Gasteiger charge is -2.26. The smallest absolute Gasteiger partial charge is 0.254 e. The molecule has 1 amide bonds. The molecule has 0 aliphatic carbocycles. The van der Waals surface area contributed by atoms with Gasteiger partial charge in [0.25, 0.3) is 5.91 Å². The Morgan fingerprint density at radius 2 is 1.96 bits per heavy atom. The van der Waals surface area contributed by atoms with Gasteiger partial charge in [-0.05, 0) is 23.8 Å². The molecule has 0 saturated carbocycles. The molecular formula is C17H16N4O2. The minimum Gasteiger partial charge on any atom is -0.378 e. The highest BCUT2D eigenvalue weighted by atomic mass is 16.5. The van der Waals surface area contributed by atoms with Crippen molar-refractivity contribution in [3.8, 4) is 11.3 Å². The summed E-state index contributed by atoms with van der Waals surface area (Å²) in [5, 5.41) is 0.968. The summed E-state index contributed by atoms with van der Waals surface area (Å²) in [5.74, 6) is 0.0577. The second kappa shape index (κ2) is 5.81. The first-order valence-electron chi connectivity index (χ1n) is 7.57. The quantitative estimate of drug-likeness (QED) is 0.787. The van der Waals surface area contributed by atoms with Gasteiger partial charge in [0.1, 0.15) is 12.0 Å². The zero-order valence-electron chi connectivity index (χ0n) is 12.5. The molecule has 0 bridgehead atoms. The average molecular weight is 308 g/mol. The van der Waals surface area contributed by atoms with E-state index in [0.717, 1.165) is 22.3 Å². The number of carbonyl (C=O) groups excluding carboxylic acids is 1. The van der Waals surface area contributed by atoms with Gasteiger partial charge < -0.3 is 14.6 Å². The van der Waals surface area contributed by atoms with Gasteiger partial charge in [0, 0.05) is 35.9 Å². The van der Waals surface area contributed by atoms with Crippen molar-refractivity contribution >= 4 is 16.9 Å². The summed E-state index contributed by atoms with van der Waals surface area (Å²) < 4.78 is 5.28. The number of rotatable bonds is 2. The highest BCUT2D eigenvalue weighted by Crippen LogP contribution is 2.23. The molecule has 6 nitrogen and oxygen atoms in total. The van der Waals surface area contributed by atoms with Gasteiger partial charge >= 0.3 is 0 Å². The Balaban J connectivity index is 1.58. The summed E-state index contributed by atoms with van der Waals surface area (Å²) in [6, 6.07) is 9.64. The normalized spacial score (nSPS) is 15.0. The van der Waals surface area contributed by atoms with Crippen LogP contribution in [0.2, 0.25) is 0 Å². The van der Waals surface area contributed by atoms with E-state index in [0.29, 0.717) is 31.9 Å². The van der Waals surface area contributed by atoms with Gasteiger partial charge in [-0.2, -0.15) is 0 Å². The summed E-state index contributed by atoms with van der Waals surface area (Å²) in [6.07, 6.45) is 3.30. The van der Waals surface area contributed by atoms with Crippen molar-refractivity contribution in [2.45, 2.75) is 0 Å². The fraction of sp³-hybridized carbons (Fsp3) is 0.235. The van der Waals surface area contributed by atoms with Gasteiger partial charge in [-0.25, -0.2) is 9.97 Å². The van der Waals surface area contributed by atoms with Gasteiger partial charge in [-0.3, -0.25) is 4.79 Å². The number of aromatic nitrogens is 3. The molecule has 1 saturated heterocycles. The molecule has 0 atom stereocenters. The van der Waals surface area contributed by atoms with Crippen molar-refractivity contribution in [3.05, 3.63) is 48.4 Å². The fourth-order valence-electron chi connectivity index (χ4n) is 2.77. The molecule has 6 heteroatoms. The molecule has 1 aromatic carbocycles. The van der Waals surface area contributed by atoms with Crippen LogP contribution in [0, 0.1) is 0 Å². The lowest BCUT2D eigenvalue weighted by molar-refractivity contribution is 0.0303. The van der Waals surface area contributed by atoms with E-state index in [1.165, 1.54) is 6.33 Å². The van der Waals surface area contributed by atoms with Crippen LogP contribution in [0.5, 0.6) is 0 Å². The monoisotopic (exact) mass is 308 g/mol. The fourth-order valence-corrected chi connectivity index (χ4v) is 2.77. The molecule has 23 heavy (non-hydrogen) atoms. The number of hydrogen-bond donors (Lipinski definition) is 1. The topological polar surface area (TPSA) is 71.1 Å². The molecule has 1 fully saturated rings. The van der Waals surface area contributed by atoms with E-state index in [9.17, 15) is 4.79 Å². The van der Waals surface area contributed by atoms with Crippen LogP contribution in [0.3, 0.4) is 0 Å². The van der Waals surface area contributed by atoms with Crippen LogP contribution in [-0.4, -0.2) is 52.1 Å². The highest BCUT2D eigenvalue weighted by Gasteiger charge is 2.18. The highest BCUT2D eigenvalue weighted by molar-refractivity contribution is 5.95. The number of benzene rings is 1. The van der Waals surface area contributed by atoms with Crippen LogP contribution in [0.4, 0.5) is 0 Å². The Morgan fingerprint density at radius 3 is 2.70 bits per heavy atom. The molecular weight excluding hydrogens is 292 g/mol. The molecule has 116 valence electrons. The van der Waals surface area contributed by atoms with Gasteiger partial charge in [0.2, 0.25) is 0 Å². The average Bonchev–Trinajstić information content (AvgIpc) is 3.06. The Morgan fingerprint density at radius 1 is 1.17 bits per heavy atom. The van der Waals surface area contributed by atoms with E-state index in [2.05, 4.69) is 15.0 Å². The molecule has 3 heterocycles. The molecule has 1 aliphatic rings. The number of fused-ring (bicyclic) bond motifs is 1. The molecule has 4 rings (SSSR count). The summed E-state index contributed by atoms with van der Waals surface area (Å²) in [4.78, 5) is 25.7. The van der Waals surface area contributed by atoms with Crippen LogP contribution in [-0.2, 0) is 4.74 Å². The Kier molecular flexibility index (Phi) is 3.51. The van der Waals surface area contributed by atoms with Crippen molar-refractivity contribution in [2.24, 2.45) is 0 Å². The predicted octanol–water partition coefficient (Wildman–Crippen LogP) is 2.10. The van der Waals surface area contributed by atoms with E-state index < -0.39 is 0 Å². The zero-order valence-corrected chi connectivity index (χ0v) is 12.5. The first kappa shape index (κ1) is 13.9.